The lowest BCUT2D eigenvalue weighted by Crippen LogP contribution is -2.32. The predicted molar refractivity (Wildman–Crippen MR) is 86.8 cm³/mol. The van der Waals surface area contributed by atoms with Crippen LogP contribution in [0.4, 0.5) is 0 Å². The first-order valence-corrected chi connectivity index (χ1v) is 8.09. The van der Waals surface area contributed by atoms with Crippen LogP contribution in [-0.2, 0) is 6.54 Å². The Morgan fingerprint density at radius 1 is 1.38 bits per heavy atom. The van der Waals surface area contributed by atoms with Gasteiger partial charge in [0.2, 0.25) is 0 Å². The van der Waals surface area contributed by atoms with E-state index in [2.05, 4.69) is 15.9 Å². The van der Waals surface area contributed by atoms with E-state index >= 15 is 0 Å². The van der Waals surface area contributed by atoms with Crippen LogP contribution in [0.2, 0.25) is 0 Å². The molecule has 2 rings (SSSR count). The number of hydrogen-bond donors (Lipinski definition) is 1. The number of para-hydroxylation sites is 1. The topological polar surface area (TPSA) is 49.8 Å². The van der Waals surface area contributed by atoms with Gasteiger partial charge < -0.3 is 14.7 Å². The third-order valence-corrected chi connectivity index (χ3v) is 4.85. The lowest BCUT2D eigenvalue weighted by atomic mass is 10.2. The summed E-state index contributed by atoms with van der Waals surface area (Å²) in [6, 6.07) is 9.41. The standard InChI is InChI=1S/C15H16BrNO3S/c1-20-13-5-3-2-4-11(13)10-17(7-8-18)15(19)14-12(16)6-9-21-14/h2-6,9,18H,7-8,10H2,1H3. The van der Waals surface area contributed by atoms with Crippen LogP contribution in [0.3, 0.4) is 0 Å². The van der Waals surface area contributed by atoms with Crippen LogP contribution in [0.5, 0.6) is 5.75 Å². The number of hydrogen-bond acceptors (Lipinski definition) is 4. The molecule has 21 heavy (non-hydrogen) atoms. The first-order valence-electron chi connectivity index (χ1n) is 6.42. The fourth-order valence-corrected chi connectivity index (χ4v) is 3.51. The monoisotopic (exact) mass is 369 g/mol. The maximum Gasteiger partial charge on any atom is 0.265 e. The minimum Gasteiger partial charge on any atom is -0.496 e. The molecule has 1 aromatic heterocycles. The molecular formula is C15H16BrNO3S. The van der Waals surface area contributed by atoms with Crippen LogP contribution in [0, 0.1) is 0 Å². The summed E-state index contributed by atoms with van der Waals surface area (Å²) in [6.07, 6.45) is 0. The van der Waals surface area contributed by atoms with Gasteiger partial charge >= 0.3 is 0 Å². The number of nitrogens with zero attached hydrogens (tertiary/aromatic N) is 1. The van der Waals surface area contributed by atoms with Crippen molar-refractivity contribution in [1.82, 2.24) is 4.90 Å². The lowest BCUT2D eigenvalue weighted by Gasteiger charge is -2.22. The van der Waals surface area contributed by atoms with Crippen LogP contribution in [0.15, 0.2) is 40.2 Å². The van der Waals surface area contributed by atoms with Gasteiger partial charge in [0.05, 0.1) is 13.7 Å². The highest BCUT2D eigenvalue weighted by Gasteiger charge is 2.20. The largest absolute Gasteiger partial charge is 0.496 e. The molecule has 0 spiro atoms. The SMILES string of the molecule is COc1ccccc1CN(CCO)C(=O)c1sccc1Br. The zero-order valence-electron chi connectivity index (χ0n) is 11.6. The minimum absolute atomic E-state index is 0.0795. The molecule has 0 aliphatic rings. The zero-order valence-corrected chi connectivity index (χ0v) is 14.0. The van der Waals surface area contributed by atoms with Crippen molar-refractivity contribution in [3.63, 3.8) is 0 Å². The van der Waals surface area contributed by atoms with Crippen LogP contribution in [0.25, 0.3) is 0 Å². The molecule has 1 amide bonds. The highest BCUT2D eigenvalue weighted by Crippen LogP contribution is 2.26. The van der Waals surface area contributed by atoms with Gasteiger partial charge in [0.1, 0.15) is 10.6 Å². The Hall–Kier alpha value is -1.37. The van der Waals surface area contributed by atoms with E-state index in [4.69, 9.17) is 4.74 Å². The molecule has 6 heteroatoms. The quantitative estimate of drug-likeness (QED) is 0.850. The van der Waals surface area contributed by atoms with E-state index in [0.717, 1.165) is 15.8 Å². The average Bonchev–Trinajstić information content (AvgIpc) is 2.92. The van der Waals surface area contributed by atoms with E-state index < -0.39 is 0 Å². The third kappa shape index (κ3) is 3.84. The summed E-state index contributed by atoms with van der Waals surface area (Å²) in [5.41, 5.74) is 0.912. The Balaban J connectivity index is 2.23. The number of carbonyl (C=O) groups excluding carboxylic acids is 1. The molecule has 0 unspecified atom stereocenters. The van der Waals surface area contributed by atoms with Crippen LogP contribution < -0.4 is 4.74 Å². The Morgan fingerprint density at radius 2 is 2.14 bits per heavy atom. The number of aliphatic hydroxyl groups is 1. The van der Waals surface area contributed by atoms with E-state index in [1.165, 1.54) is 11.3 Å². The maximum absolute atomic E-state index is 12.6. The zero-order chi connectivity index (χ0) is 15.2. The summed E-state index contributed by atoms with van der Waals surface area (Å²) in [5.74, 6) is 0.635. The fourth-order valence-electron chi connectivity index (χ4n) is 2.00. The fraction of sp³-hybridized carbons (Fsp3) is 0.267. The molecule has 112 valence electrons. The second-order valence-electron chi connectivity index (χ2n) is 4.36. The van der Waals surface area contributed by atoms with Crippen molar-refractivity contribution in [2.45, 2.75) is 6.54 Å². The van der Waals surface area contributed by atoms with Gasteiger partial charge in [-0.3, -0.25) is 4.79 Å². The summed E-state index contributed by atoms with van der Waals surface area (Å²) in [4.78, 5) is 14.8. The summed E-state index contributed by atoms with van der Waals surface area (Å²) in [5, 5.41) is 11.1. The van der Waals surface area contributed by atoms with Gasteiger partial charge in [-0.25, -0.2) is 0 Å². The minimum atomic E-state index is -0.100. The lowest BCUT2D eigenvalue weighted by molar-refractivity contribution is 0.0710. The smallest absolute Gasteiger partial charge is 0.265 e. The third-order valence-electron chi connectivity index (χ3n) is 3.02. The molecule has 0 saturated carbocycles. The highest BCUT2D eigenvalue weighted by molar-refractivity contribution is 9.10. The molecule has 1 heterocycles. The van der Waals surface area contributed by atoms with E-state index in [1.54, 1.807) is 12.0 Å². The number of methoxy groups -OCH3 is 1. The van der Waals surface area contributed by atoms with Gasteiger partial charge in [-0.2, -0.15) is 0 Å². The van der Waals surface area contributed by atoms with Crippen molar-refractivity contribution in [3.8, 4) is 5.75 Å². The number of halogens is 1. The van der Waals surface area contributed by atoms with Gasteiger partial charge in [-0.1, -0.05) is 18.2 Å². The van der Waals surface area contributed by atoms with Crippen molar-refractivity contribution in [1.29, 1.82) is 0 Å². The maximum atomic E-state index is 12.6. The number of ether oxygens (including phenoxy) is 1. The first-order chi connectivity index (χ1) is 10.2. The Morgan fingerprint density at radius 3 is 2.76 bits per heavy atom. The number of aliphatic hydroxyl groups excluding tert-OH is 1. The van der Waals surface area contributed by atoms with Crippen molar-refractivity contribution in [2.75, 3.05) is 20.3 Å². The van der Waals surface area contributed by atoms with Gasteiger partial charge in [0, 0.05) is 23.1 Å². The number of thiophene rings is 1. The molecule has 0 saturated heterocycles. The summed E-state index contributed by atoms with van der Waals surface area (Å²) in [6.45, 7) is 0.596. The van der Waals surface area contributed by atoms with Crippen molar-refractivity contribution < 1.29 is 14.6 Å². The Labute approximate surface area is 136 Å². The number of benzene rings is 1. The Bertz CT molecular complexity index is 614. The predicted octanol–water partition coefficient (Wildman–Crippen LogP) is 3.15. The van der Waals surface area contributed by atoms with Gasteiger partial charge in [0.15, 0.2) is 0 Å². The number of amides is 1. The molecule has 0 radical (unpaired) electrons. The number of rotatable bonds is 6. The van der Waals surface area contributed by atoms with E-state index in [0.29, 0.717) is 11.4 Å². The summed E-state index contributed by atoms with van der Waals surface area (Å²) in [7, 11) is 1.60. The van der Waals surface area contributed by atoms with Crippen LogP contribution in [-0.4, -0.2) is 36.2 Å². The van der Waals surface area contributed by atoms with Crippen LogP contribution in [0.1, 0.15) is 15.2 Å². The molecule has 1 N–H and O–H groups in total. The van der Waals surface area contributed by atoms with Crippen LogP contribution >= 0.6 is 27.3 Å². The van der Waals surface area contributed by atoms with Crippen molar-refractivity contribution >= 4 is 33.2 Å². The van der Waals surface area contributed by atoms with E-state index in [-0.39, 0.29) is 19.1 Å². The van der Waals surface area contributed by atoms with Crippen molar-refractivity contribution in [2.24, 2.45) is 0 Å². The van der Waals surface area contributed by atoms with Crippen molar-refractivity contribution in [3.05, 3.63) is 50.6 Å². The molecule has 0 atom stereocenters. The summed E-state index contributed by atoms with van der Waals surface area (Å²) >= 11 is 4.76. The molecule has 0 aliphatic heterocycles. The molecule has 2 aromatic rings. The normalized spacial score (nSPS) is 10.4. The molecule has 4 nitrogen and oxygen atoms in total. The molecular weight excluding hydrogens is 354 g/mol. The van der Waals surface area contributed by atoms with Gasteiger partial charge in [-0.15, -0.1) is 11.3 Å². The second-order valence-corrected chi connectivity index (χ2v) is 6.13. The Kier molecular flexibility index (Phi) is 5.78. The van der Waals surface area contributed by atoms with E-state index in [1.807, 2.05) is 35.7 Å². The molecule has 0 fully saturated rings. The highest BCUT2D eigenvalue weighted by atomic mass is 79.9. The molecule has 0 aliphatic carbocycles. The number of carbonyl (C=O) groups is 1. The van der Waals surface area contributed by atoms with Gasteiger partial charge in [-0.05, 0) is 33.4 Å². The average molecular weight is 370 g/mol. The van der Waals surface area contributed by atoms with Gasteiger partial charge in [0.25, 0.3) is 5.91 Å². The first kappa shape index (κ1) is 16.0. The van der Waals surface area contributed by atoms with E-state index in [9.17, 15) is 9.90 Å². The molecule has 1 aromatic carbocycles. The molecule has 0 bridgehead atoms. The second kappa shape index (κ2) is 7.59. The summed E-state index contributed by atoms with van der Waals surface area (Å²) < 4.78 is 6.09.